The second-order valence-electron chi connectivity index (χ2n) is 3.82. The van der Waals surface area contributed by atoms with Gasteiger partial charge in [-0.25, -0.2) is 0 Å². The van der Waals surface area contributed by atoms with Crippen LogP contribution in [0.3, 0.4) is 0 Å². The Labute approximate surface area is 113 Å². The van der Waals surface area contributed by atoms with Crippen LogP contribution in [0.5, 0.6) is 0 Å². The van der Waals surface area contributed by atoms with Gasteiger partial charge in [0, 0.05) is 29.7 Å². The third kappa shape index (κ3) is 2.87. The summed E-state index contributed by atoms with van der Waals surface area (Å²) in [5, 5.41) is 13.4. The molecule has 0 fully saturated rings. The van der Waals surface area contributed by atoms with Crippen LogP contribution in [-0.2, 0) is 0 Å². The quantitative estimate of drug-likeness (QED) is 0.441. The first-order valence-electron chi connectivity index (χ1n) is 5.58. The number of amides is 1. The Bertz CT molecular complexity index is 645. The van der Waals surface area contributed by atoms with Crippen molar-refractivity contribution in [2.75, 3.05) is 10.7 Å². The molecule has 0 aliphatic rings. The zero-order valence-electron chi connectivity index (χ0n) is 10.2. The predicted octanol–water partition coefficient (Wildman–Crippen LogP) is 1.53. The molecule has 4 N–H and O–H groups in total. The molecule has 0 saturated carbocycles. The molecule has 0 aliphatic carbocycles. The van der Waals surface area contributed by atoms with E-state index in [1.54, 1.807) is 12.1 Å². The van der Waals surface area contributed by atoms with Gasteiger partial charge < -0.3 is 10.7 Å². The number of anilines is 2. The van der Waals surface area contributed by atoms with E-state index in [1.165, 1.54) is 30.6 Å². The minimum Gasteiger partial charge on any atom is -0.322 e. The maximum absolute atomic E-state index is 12.0. The average Bonchev–Trinajstić information content (AvgIpc) is 2.47. The van der Waals surface area contributed by atoms with Crippen molar-refractivity contribution in [2.24, 2.45) is 5.84 Å². The van der Waals surface area contributed by atoms with Gasteiger partial charge in [0.25, 0.3) is 11.6 Å². The van der Waals surface area contributed by atoms with Gasteiger partial charge in [-0.2, -0.15) is 0 Å². The number of hydrazine groups is 1. The third-order valence-electron chi connectivity index (χ3n) is 2.55. The van der Waals surface area contributed by atoms with E-state index in [9.17, 15) is 14.9 Å². The number of nitrogens with one attached hydrogen (secondary N) is 2. The number of pyridine rings is 1. The van der Waals surface area contributed by atoms with Crippen molar-refractivity contribution in [3.8, 4) is 0 Å². The molecule has 0 unspecified atom stereocenters. The summed E-state index contributed by atoms with van der Waals surface area (Å²) in [6.07, 6.45) is 3.08. The average molecular weight is 273 g/mol. The van der Waals surface area contributed by atoms with Crippen LogP contribution in [-0.4, -0.2) is 15.8 Å². The molecule has 1 aromatic heterocycles. The van der Waals surface area contributed by atoms with Gasteiger partial charge in [0.2, 0.25) is 0 Å². The number of benzene rings is 1. The van der Waals surface area contributed by atoms with Crippen molar-refractivity contribution >= 4 is 23.0 Å². The van der Waals surface area contributed by atoms with E-state index < -0.39 is 10.8 Å². The first-order chi connectivity index (χ1) is 9.61. The topological polar surface area (TPSA) is 123 Å². The fourth-order valence-corrected chi connectivity index (χ4v) is 1.59. The van der Waals surface area contributed by atoms with Gasteiger partial charge >= 0.3 is 0 Å². The van der Waals surface area contributed by atoms with Crippen molar-refractivity contribution in [3.63, 3.8) is 0 Å². The summed E-state index contributed by atoms with van der Waals surface area (Å²) in [6.45, 7) is 0. The molecule has 0 bridgehead atoms. The molecule has 1 amide bonds. The summed E-state index contributed by atoms with van der Waals surface area (Å²) >= 11 is 0. The zero-order valence-corrected chi connectivity index (χ0v) is 10.2. The summed E-state index contributed by atoms with van der Waals surface area (Å²) in [5.41, 5.74) is 2.90. The summed E-state index contributed by atoms with van der Waals surface area (Å²) in [5.74, 6) is 4.82. The monoisotopic (exact) mass is 273 g/mol. The maximum Gasteiger partial charge on any atom is 0.293 e. The van der Waals surface area contributed by atoms with E-state index in [-0.39, 0.29) is 16.9 Å². The smallest absolute Gasteiger partial charge is 0.293 e. The Kier molecular flexibility index (Phi) is 3.87. The van der Waals surface area contributed by atoms with Crippen LogP contribution in [0.1, 0.15) is 10.4 Å². The molecular weight excluding hydrogens is 262 g/mol. The van der Waals surface area contributed by atoms with E-state index >= 15 is 0 Å². The fourth-order valence-electron chi connectivity index (χ4n) is 1.59. The van der Waals surface area contributed by atoms with Gasteiger partial charge in [0.1, 0.15) is 5.69 Å². The molecule has 2 rings (SSSR count). The van der Waals surface area contributed by atoms with Crippen molar-refractivity contribution in [1.29, 1.82) is 0 Å². The highest BCUT2D eigenvalue weighted by molar-refractivity contribution is 6.05. The van der Waals surface area contributed by atoms with Crippen LogP contribution in [0.15, 0.2) is 42.7 Å². The molecule has 8 heteroatoms. The minimum atomic E-state index is -0.584. The van der Waals surface area contributed by atoms with E-state index in [0.717, 1.165) is 0 Å². The second kappa shape index (κ2) is 5.76. The first-order valence-corrected chi connectivity index (χ1v) is 5.58. The van der Waals surface area contributed by atoms with E-state index in [1.807, 2.05) is 0 Å². The van der Waals surface area contributed by atoms with Gasteiger partial charge in [0.05, 0.1) is 4.92 Å². The zero-order chi connectivity index (χ0) is 14.5. The maximum atomic E-state index is 12.0. The Morgan fingerprint density at radius 3 is 2.55 bits per heavy atom. The number of hydrogen-bond acceptors (Lipinski definition) is 6. The van der Waals surface area contributed by atoms with Crippen LogP contribution < -0.4 is 16.6 Å². The molecule has 0 saturated heterocycles. The molecule has 0 atom stereocenters. The summed E-state index contributed by atoms with van der Waals surface area (Å²) in [7, 11) is 0. The number of nitrogens with two attached hydrogens (primary N) is 1. The molecule has 8 nitrogen and oxygen atoms in total. The van der Waals surface area contributed by atoms with Crippen molar-refractivity contribution in [3.05, 3.63) is 58.4 Å². The van der Waals surface area contributed by atoms with Gasteiger partial charge in [-0.3, -0.25) is 25.7 Å². The fraction of sp³-hybridized carbons (Fsp3) is 0. The predicted molar refractivity (Wildman–Crippen MR) is 73.1 cm³/mol. The highest BCUT2D eigenvalue weighted by atomic mass is 16.6. The number of carbonyl (C=O) groups is 1. The Balaban J connectivity index is 2.25. The van der Waals surface area contributed by atoms with E-state index in [4.69, 9.17) is 5.84 Å². The molecule has 20 heavy (non-hydrogen) atoms. The largest absolute Gasteiger partial charge is 0.322 e. The van der Waals surface area contributed by atoms with Crippen LogP contribution in [0.25, 0.3) is 0 Å². The van der Waals surface area contributed by atoms with Gasteiger partial charge in [-0.05, 0) is 24.3 Å². The molecule has 0 radical (unpaired) electrons. The van der Waals surface area contributed by atoms with E-state index in [0.29, 0.717) is 5.69 Å². The summed E-state index contributed by atoms with van der Waals surface area (Å²) in [4.78, 5) is 26.0. The number of rotatable bonds is 4. The van der Waals surface area contributed by atoms with Crippen LogP contribution >= 0.6 is 0 Å². The van der Waals surface area contributed by atoms with Crippen molar-refractivity contribution in [2.45, 2.75) is 0 Å². The highest BCUT2D eigenvalue weighted by Gasteiger charge is 2.16. The Morgan fingerprint density at radius 2 is 1.95 bits per heavy atom. The first kappa shape index (κ1) is 13.4. The second-order valence-corrected chi connectivity index (χ2v) is 3.82. The van der Waals surface area contributed by atoms with Crippen molar-refractivity contribution < 1.29 is 9.72 Å². The SMILES string of the molecule is NNc1cc(C(=O)Nc2ccncc2)ccc1[N+](=O)[O-]. The lowest BCUT2D eigenvalue weighted by Gasteiger charge is -2.07. The molecule has 102 valence electrons. The highest BCUT2D eigenvalue weighted by Crippen LogP contribution is 2.24. The van der Waals surface area contributed by atoms with Gasteiger partial charge in [0.15, 0.2) is 0 Å². The number of nitro benzene ring substituents is 1. The molecule has 1 heterocycles. The van der Waals surface area contributed by atoms with Gasteiger partial charge in [-0.1, -0.05) is 0 Å². The third-order valence-corrected chi connectivity index (χ3v) is 2.55. The molecule has 0 aliphatic heterocycles. The number of aromatic nitrogens is 1. The van der Waals surface area contributed by atoms with Gasteiger partial charge in [-0.15, -0.1) is 0 Å². The number of nitrogen functional groups attached to an aromatic ring is 1. The Hall–Kier alpha value is -3.00. The summed E-state index contributed by atoms with van der Waals surface area (Å²) in [6, 6.07) is 7.15. The lowest BCUT2D eigenvalue weighted by Crippen LogP contribution is -2.14. The number of nitrogens with zero attached hydrogens (tertiary/aromatic N) is 2. The molecule has 2 aromatic rings. The molecular formula is C12H11N5O3. The number of nitro groups is 1. The van der Waals surface area contributed by atoms with Crippen molar-refractivity contribution in [1.82, 2.24) is 4.98 Å². The standard InChI is InChI=1S/C12H11N5O3/c13-16-10-7-8(1-2-11(10)17(19)20)12(18)15-9-3-5-14-6-4-9/h1-7,16H,13H2,(H,14,15,18). The lowest BCUT2D eigenvalue weighted by atomic mass is 10.1. The van der Waals surface area contributed by atoms with Crippen LogP contribution in [0, 0.1) is 10.1 Å². The normalized spacial score (nSPS) is 9.85. The van der Waals surface area contributed by atoms with Crippen LogP contribution in [0.2, 0.25) is 0 Å². The number of carbonyl (C=O) groups excluding carboxylic acids is 1. The minimum absolute atomic E-state index is 0.0670. The summed E-state index contributed by atoms with van der Waals surface area (Å²) < 4.78 is 0. The molecule has 0 spiro atoms. The lowest BCUT2D eigenvalue weighted by molar-refractivity contribution is -0.384. The van der Waals surface area contributed by atoms with E-state index in [2.05, 4.69) is 15.7 Å². The van der Waals surface area contributed by atoms with Crippen LogP contribution in [0.4, 0.5) is 17.1 Å². The number of hydrogen-bond donors (Lipinski definition) is 3. The Morgan fingerprint density at radius 1 is 1.25 bits per heavy atom. The molecule has 1 aromatic carbocycles.